The smallest absolute Gasteiger partial charge is 0.253 e. The van der Waals surface area contributed by atoms with Gasteiger partial charge in [-0.3, -0.25) is 19.3 Å². The fourth-order valence-electron chi connectivity index (χ4n) is 2.13. The van der Waals surface area contributed by atoms with Gasteiger partial charge in [0.1, 0.15) is 0 Å². The Morgan fingerprint density at radius 2 is 1.62 bits per heavy atom. The third-order valence-electron chi connectivity index (χ3n) is 3.24. The van der Waals surface area contributed by atoms with E-state index in [1.54, 1.807) is 0 Å². The summed E-state index contributed by atoms with van der Waals surface area (Å²) >= 11 is 0. The topological polar surface area (TPSA) is 66.5 Å². The molecule has 1 N–H and O–H groups in total. The highest BCUT2D eigenvalue weighted by molar-refractivity contribution is 6.12. The Labute approximate surface area is 123 Å². The van der Waals surface area contributed by atoms with Crippen LogP contribution in [0.4, 0.5) is 5.69 Å². The minimum Gasteiger partial charge on any atom is -0.326 e. The molecule has 0 saturated carbocycles. The number of imide groups is 1. The maximum absolute atomic E-state index is 11.7. The van der Waals surface area contributed by atoms with Gasteiger partial charge in [-0.1, -0.05) is 24.6 Å². The van der Waals surface area contributed by atoms with Crippen molar-refractivity contribution in [2.45, 2.75) is 25.7 Å². The lowest BCUT2D eigenvalue weighted by Gasteiger charge is -2.13. The van der Waals surface area contributed by atoms with Gasteiger partial charge in [-0.2, -0.15) is 0 Å². The third-order valence-corrected chi connectivity index (χ3v) is 3.24. The lowest BCUT2D eigenvalue weighted by Crippen LogP contribution is -2.30. The molecule has 1 aromatic carbocycles. The maximum atomic E-state index is 11.7. The Morgan fingerprint density at radius 1 is 0.952 bits per heavy atom. The Bertz CT molecular complexity index is 534. The molecule has 0 bridgehead atoms. The molecule has 1 aliphatic rings. The highest BCUT2D eigenvalue weighted by Gasteiger charge is 2.22. The molecule has 1 aliphatic heterocycles. The van der Waals surface area contributed by atoms with E-state index in [1.807, 2.05) is 30.3 Å². The molecule has 5 nitrogen and oxygen atoms in total. The van der Waals surface area contributed by atoms with Crippen molar-refractivity contribution in [3.8, 4) is 0 Å². The maximum Gasteiger partial charge on any atom is 0.253 e. The zero-order valence-electron chi connectivity index (χ0n) is 11.7. The number of carbonyl (C=O) groups is 3. The van der Waals surface area contributed by atoms with E-state index in [1.165, 1.54) is 17.1 Å². The minimum absolute atomic E-state index is 0.0174. The van der Waals surface area contributed by atoms with Crippen molar-refractivity contribution in [1.29, 1.82) is 0 Å². The fraction of sp³-hybridized carbons (Fsp3) is 0.312. The monoisotopic (exact) mass is 286 g/mol. The molecule has 110 valence electrons. The normalized spacial score (nSPS) is 13.8. The molecule has 0 saturated heterocycles. The molecule has 0 radical (unpaired) electrons. The summed E-state index contributed by atoms with van der Waals surface area (Å²) in [6.07, 6.45) is 5.28. The second-order valence-electron chi connectivity index (χ2n) is 4.89. The van der Waals surface area contributed by atoms with Gasteiger partial charge in [0.25, 0.3) is 11.8 Å². The summed E-state index contributed by atoms with van der Waals surface area (Å²) in [5.74, 6) is -0.514. The van der Waals surface area contributed by atoms with Crippen molar-refractivity contribution in [3.63, 3.8) is 0 Å². The fourth-order valence-corrected chi connectivity index (χ4v) is 2.13. The first-order chi connectivity index (χ1) is 10.2. The Kier molecular flexibility index (Phi) is 5.26. The Hall–Kier alpha value is -2.43. The second-order valence-corrected chi connectivity index (χ2v) is 4.89. The molecule has 1 heterocycles. The number of para-hydroxylation sites is 1. The zero-order chi connectivity index (χ0) is 15.1. The van der Waals surface area contributed by atoms with Gasteiger partial charge < -0.3 is 5.32 Å². The van der Waals surface area contributed by atoms with Crippen LogP contribution in [0.2, 0.25) is 0 Å². The summed E-state index contributed by atoms with van der Waals surface area (Å²) in [6.45, 7) is 0.422. The number of amides is 3. The largest absolute Gasteiger partial charge is 0.326 e. The SMILES string of the molecule is O=C(CCCCCN1C(=O)C=CC1=O)Nc1ccccc1. The molecule has 3 amide bonds. The number of unbranched alkanes of at least 4 members (excludes halogenated alkanes) is 2. The van der Waals surface area contributed by atoms with Crippen molar-refractivity contribution in [3.05, 3.63) is 42.5 Å². The number of benzene rings is 1. The number of rotatable bonds is 7. The molecule has 2 rings (SSSR count). The molecule has 0 aromatic heterocycles. The van der Waals surface area contributed by atoms with Crippen molar-refractivity contribution < 1.29 is 14.4 Å². The number of nitrogens with zero attached hydrogens (tertiary/aromatic N) is 1. The van der Waals surface area contributed by atoms with Crippen LogP contribution in [-0.4, -0.2) is 29.2 Å². The lowest BCUT2D eigenvalue weighted by molar-refractivity contribution is -0.136. The van der Waals surface area contributed by atoms with Crippen LogP contribution in [0.1, 0.15) is 25.7 Å². The Morgan fingerprint density at radius 3 is 2.29 bits per heavy atom. The summed E-state index contributed by atoms with van der Waals surface area (Å²) in [4.78, 5) is 35.6. The van der Waals surface area contributed by atoms with E-state index in [9.17, 15) is 14.4 Å². The van der Waals surface area contributed by atoms with Gasteiger partial charge in [-0.05, 0) is 25.0 Å². The Balaban J connectivity index is 1.59. The van der Waals surface area contributed by atoms with Crippen LogP contribution in [0.25, 0.3) is 0 Å². The number of hydrogen-bond acceptors (Lipinski definition) is 3. The van der Waals surface area contributed by atoms with E-state index in [0.29, 0.717) is 13.0 Å². The second kappa shape index (κ2) is 7.38. The first-order valence-electron chi connectivity index (χ1n) is 7.05. The van der Waals surface area contributed by atoms with Crippen LogP contribution in [0.5, 0.6) is 0 Å². The number of nitrogens with one attached hydrogen (secondary N) is 1. The predicted molar refractivity (Wildman–Crippen MR) is 79.4 cm³/mol. The van der Waals surface area contributed by atoms with E-state index in [2.05, 4.69) is 5.32 Å². The van der Waals surface area contributed by atoms with Gasteiger partial charge >= 0.3 is 0 Å². The summed E-state index contributed by atoms with van der Waals surface area (Å²) in [6, 6.07) is 9.32. The van der Waals surface area contributed by atoms with E-state index < -0.39 is 0 Å². The average molecular weight is 286 g/mol. The lowest BCUT2D eigenvalue weighted by atomic mass is 10.1. The molecule has 0 fully saturated rings. The highest BCUT2D eigenvalue weighted by atomic mass is 16.2. The van der Waals surface area contributed by atoms with Gasteiger partial charge in [0, 0.05) is 30.8 Å². The van der Waals surface area contributed by atoms with E-state index in [-0.39, 0.29) is 17.7 Å². The van der Waals surface area contributed by atoms with Gasteiger partial charge in [0.15, 0.2) is 0 Å². The predicted octanol–water partition coefficient (Wildman–Crippen LogP) is 2.11. The van der Waals surface area contributed by atoms with Gasteiger partial charge in [-0.15, -0.1) is 0 Å². The summed E-state index contributed by atoms with van der Waals surface area (Å²) in [5, 5.41) is 2.82. The van der Waals surface area contributed by atoms with Gasteiger partial charge in [-0.25, -0.2) is 0 Å². The van der Waals surface area contributed by atoms with E-state index in [0.717, 1.165) is 24.9 Å². The van der Waals surface area contributed by atoms with Crippen molar-refractivity contribution in [2.24, 2.45) is 0 Å². The minimum atomic E-state index is -0.248. The molecule has 1 aromatic rings. The molecular weight excluding hydrogens is 268 g/mol. The molecule has 5 heteroatoms. The number of carbonyl (C=O) groups excluding carboxylic acids is 3. The van der Waals surface area contributed by atoms with Crippen molar-refractivity contribution in [1.82, 2.24) is 4.90 Å². The van der Waals surface area contributed by atoms with Crippen LogP contribution in [-0.2, 0) is 14.4 Å². The molecule has 21 heavy (non-hydrogen) atoms. The van der Waals surface area contributed by atoms with Crippen LogP contribution < -0.4 is 5.32 Å². The van der Waals surface area contributed by atoms with E-state index in [4.69, 9.17) is 0 Å². The third kappa shape index (κ3) is 4.56. The van der Waals surface area contributed by atoms with Gasteiger partial charge in [0.2, 0.25) is 5.91 Å². The molecular formula is C16H18N2O3. The van der Waals surface area contributed by atoms with Crippen LogP contribution in [0, 0.1) is 0 Å². The highest BCUT2D eigenvalue weighted by Crippen LogP contribution is 2.09. The van der Waals surface area contributed by atoms with Crippen LogP contribution >= 0.6 is 0 Å². The zero-order valence-corrected chi connectivity index (χ0v) is 11.7. The van der Waals surface area contributed by atoms with Crippen molar-refractivity contribution >= 4 is 23.4 Å². The average Bonchev–Trinajstić information content (AvgIpc) is 2.79. The first-order valence-corrected chi connectivity index (χ1v) is 7.05. The quantitative estimate of drug-likeness (QED) is 0.616. The number of anilines is 1. The van der Waals surface area contributed by atoms with Crippen LogP contribution in [0.15, 0.2) is 42.5 Å². The molecule has 0 spiro atoms. The molecule has 0 unspecified atom stereocenters. The standard InChI is InChI=1S/C16H18N2O3/c19-14(17-13-7-3-1-4-8-13)9-5-2-6-12-18-15(20)10-11-16(18)21/h1,3-4,7-8,10-11H,2,5-6,9,12H2,(H,17,19). The summed E-state index contributed by atoms with van der Waals surface area (Å²) < 4.78 is 0. The molecule has 0 aliphatic carbocycles. The first kappa shape index (κ1) is 15.0. The summed E-state index contributed by atoms with van der Waals surface area (Å²) in [7, 11) is 0. The summed E-state index contributed by atoms with van der Waals surface area (Å²) in [5.41, 5.74) is 0.793. The van der Waals surface area contributed by atoms with Gasteiger partial charge in [0.05, 0.1) is 0 Å². The van der Waals surface area contributed by atoms with E-state index >= 15 is 0 Å². The molecule has 0 atom stereocenters. The van der Waals surface area contributed by atoms with Crippen LogP contribution in [0.3, 0.4) is 0 Å². The van der Waals surface area contributed by atoms with Crippen molar-refractivity contribution in [2.75, 3.05) is 11.9 Å². The number of hydrogen-bond donors (Lipinski definition) is 1.